The van der Waals surface area contributed by atoms with E-state index in [0.29, 0.717) is 16.3 Å². The third-order valence-corrected chi connectivity index (χ3v) is 2.12. The van der Waals surface area contributed by atoms with E-state index in [0.717, 1.165) is 13.0 Å². The van der Waals surface area contributed by atoms with Crippen LogP contribution in [0.4, 0.5) is 5.95 Å². The molecule has 1 aromatic heterocycles. The number of anilines is 1. The van der Waals surface area contributed by atoms with Crippen molar-refractivity contribution in [3.63, 3.8) is 0 Å². The second kappa shape index (κ2) is 6.58. The highest BCUT2D eigenvalue weighted by molar-refractivity contribution is 9.10. The van der Waals surface area contributed by atoms with E-state index >= 15 is 0 Å². The third kappa shape index (κ3) is 4.01. The molecule has 0 saturated heterocycles. The van der Waals surface area contributed by atoms with Crippen molar-refractivity contribution in [2.45, 2.75) is 13.3 Å². The van der Waals surface area contributed by atoms with Gasteiger partial charge >= 0.3 is 0 Å². The van der Waals surface area contributed by atoms with Gasteiger partial charge in [-0.05, 0) is 22.4 Å². The van der Waals surface area contributed by atoms with E-state index in [2.05, 4.69) is 38.1 Å². The van der Waals surface area contributed by atoms with Crippen molar-refractivity contribution >= 4 is 21.9 Å². The molecule has 0 aliphatic heterocycles. The summed E-state index contributed by atoms with van der Waals surface area (Å²) in [6.07, 6.45) is 2.63. The van der Waals surface area contributed by atoms with Crippen LogP contribution in [0.15, 0.2) is 10.7 Å². The zero-order valence-electron chi connectivity index (χ0n) is 8.53. The van der Waals surface area contributed by atoms with Crippen LogP contribution in [0.1, 0.15) is 13.3 Å². The fraction of sp³-hybridized carbons (Fsp3) is 0.556. The average Bonchev–Trinajstić information content (AvgIpc) is 2.26. The quantitative estimate of drug-likeness (QED) is 0.822. The number of nitrogens with zero attached hydrogens (tertiary/aromatic N) is 2. The van der Waals surface area contributed by atoms with E-state index in [-0.39, 0.29) is 13.2 Å². The van der Waals surface area contributed by atoms with Crippen molar-refractivity contribution in [1.29, 1.82) is 0 Å². The Balaban J connectivity index is 2.66. The lowest BCUT2D eigenvalue weighted by molar-refractivity contribution is 0.196. The molecule has 1 aromatic rings. The molecule has 0 bridgehead atoms. The second-order valence-electron chi connectivity index (χ2n) is 2.85. The van der Waals surface area contributed by atoms with E-state index in [1.165, 1.54) is 0 Å². The molecule has 0 fully saturated rings. The molecule has 0 spiro atoms. The van der Waals surface area contributed by atoms with Gasteiger partial charge in [0.1, 0.15) is 6.61 Å². The van der Waals surface area contributed by atoms with Crippen LogP contribution in [-0.2, 0) is 0 Å². The average molecular weight is 276 g/mol. The predicted molar refractivity (Wildman–Crippen MR) is 61.1 cm³/mol. The molecule has 0 saturated carbocycles. The SMILES string of the molecule is CCCNc1ncc(Br)c(OCCO)n1. The number of nitrogens with one attached hydrogen (secondary N) is 1. The van der Waals surface area contributed by atoms with Crippen molar-refractivity contribution in [3.8, 4) is 5.88 Å². The third-order valence-electron chi connectivity index (χ3n) is 1.58. The number of aromatic nitrogens is 2. The first-order valence-corrected chi connectivity index (χ1v) is 5.57. The highest BCUT2D eigenvalue weighted by atomic mass is 79.9. The van der Waals surface area contributed by atoms with E-state index < -0.39 is 0 Å². The molecule has 0 radical (unpaired) electrons. The summed E-state index contributed by atoms with van der Waals surface area (Å²) in [6.45, 7) is 3.08. The smallest absolute Gasteiger partial charge is 0.232 e. The van der Waals surface area contributed by atoms with Gasteiger partial charge < -0.3 is 15.2 Å². The Hall–Kier alpha value is -0.880. The first kappa shape index (κ1) is 12.2. The Morgan fingerprint density at radius 2 is 2.40 bits per heavy atom. The van der Waals surface area contributed by atoms with Gasteiger partial charge in [-0.25, -0.2) is 4.98 Å². The Labute approximate surface area is 97.0 Å². The van der Waals surface area contributed by atoms with Crippen molar-refractivity contribution in [1.82, 2.24) is 9.97 Å². The number of aliphatic hydroxyl groups is 1. The highest BCUT2D eigenvalue weighted by Gasteiger charge is 2.05. The summed E-state index contributed by atoms with van der Waals surface area (Å²) in [5.74, 6) is 0.977. The molecule has 1 heterocycles. The van der Waals surface area contributed by atoms with Gasteiger partial charge in [-0.3, -0.25) is 0 Å². The number of hydrogen-bond acceptors (Lipinski definition) is 5. The number of rotatable bonds is 6. The van der Waals surface area contributed by atoms with Crippen LogP contribution >= 0.6 is 15.9 Å². The van der Waals surface area contributed by atoms with Crippen molar-refractivity contribution in [3.05, 3.63) is 10.7 Å². The molecule has 0 aliphatic carbocycles. The highest BCUT2D eigenvalue weighted by Crippen LogP contribution is 2.22. The monoisotopic (exact) mass is 275 g/mol. The van der Waals surface area contributed by atoms with Crippen LogP contribution in [-0.4, -0.2) is 34.8 Å². The molecule has 0 atom stereocenters. The first-order chi connectivity index (χ1) is 7.27. The molecule has 2 N–H and O–H groups in total. The molecular formula is C9H14BrN3O2. The van der Waals surface area contributed by atoms with Gasteiger partial charge in [-0.1, -0.05) is 6.92 Å². The van der Waals surface area contributed by atoms with Crippen LogP contribution in [0.25, 0.3) is 0 Å². The standard InChI is InChI=1S/C9H14BrN3O2/c1-2-3-11-9-12-6-7(10)8(13-9)15-5-4-14/h6,14H,2-5H2,1H3,(H,11,12,13). The number of halogens is 1. The minimum Gasteiger partial charge on any atom is -0.474 e. The molecule has 1 rings (SSSR count). The van der Waals surface area contributed by atoms with Gasteiger partial charge in [0.05, 0.1) is 17.3 Å². The van der Waals surface area contributed by atoms with Crippen LogP contribution in [0.3, 0.4) is 0 Å². The van der Waals surface area contributed by atoms with Crippen LogP contribution < -0.4 is 10.1 Å². The molecule has 84 valence electrons. The summed E-state index contributed by atoms with van der Waals surface area (Å²) in [5.41, 5.74) is 0. The molecule has 5 nitrogen and oxygen atoms in total. The summed E-state index contributed by atoms with van der Waals surface area (Å²) in [6, 6.07) is 0. The fourth-order valence-corrected chi connectivity index (χ4v) is 1.22. The lowest BCUT2D eigenvalue weighted by Gasteiger charge is -2.07. The number of hydrogen-bond donors (Lipinski definition) is 2. The Kier molecular flexibility index (Phi) is 5.34. The van der Waals surface area contributed by atoms with E-state index in [4.69, 9.17) is 9.84 Å². The zero-order valence-corrected chi connectivity index (χ0v) is 10.1. The van der Waals surface area contributed by atoms with Gasteiger partial charge in [-0.15, -0.1) is 0 Å². The maximum Gasteiger partial charge on any atom is 0.232 e. The molecule has 0 amide bonds. The molecule has 0 aromatic carbocycles. The van der Waals surface area contributed by atoms with Crippen LogP contribution in [0.5, 0.6) is 5.88 Å². The minimum atomic E-state index is -0.0336. The number of ether oxygens (including phenoxy) is 1. The second-order valence-corrected chi connectivity index (χ2v) is 3.70. The predicted octanol–water partition coefficient (Wildman–Crippen LogP) is 1.43. The largest absolute Gasteiger partial charge is 0.474 e. The van der Waals surface area contributed by atoms with Crippen molar-refractivity contribution in [2.24, 2.45) is 0 Å². The lowest BCUT2D eigenvalue weighted by Crippen LogP contribution is -2.08. The summed E-state index contributed by atoms with van der Waals surface area (Å²) >= 11 is 3.27. The van der Waals surface area contributed by atoms with Gasteiger partial charge in [0.2, 0.25) is 11.8 Å². The first-order valence-electron chi connectivity index (χ1n) is 4.78. The Morgan fingerprint density at radius 3 is 3.07 bits per heavy atom. The Morgan fingerprint density at radius 1 is 1.60 bits per heavy atom. The van der Waals surface area contributed by atoms with Crippen LogP contribution in [0, 0.1) is 0 Å². The maximum absolute atomic E-state index is 8.63. The Bertz CT molecular complexity index is 309. The minimum absolute atomic E-state index is 0.0336. The topological polar surface area (TPSA) is 67.3 Å². The number of aliphatic hydroxyl groups excluding tert-OH is 1. The summed E-state index contributed by atoms with van der Waals surface area (Å²) in [5, 5.41) is 11.7. The fourth-order valence-electron chi connectivity index (χ4n) is 0.917. The zero-order chi connectivity index (χ0) is 11.1. The van der Waals surface area contributed by atoms with Crippen molar-refractivity contribution < 1.29 is 9.84 Å². The molecule has 15 heavy (non-hydrogen) atoms. The summed E-state index contributed by atoms with van der Waals surface area (Å²) < 4.78 is 5.90. The van der Waals surface area contributed by atoms with Gasteiger partial charge in [0.25, 0.3) is 0 Å². The summed E-state index contributed by atoms with van der Waals surface area (Å²) in [7, 11) is 0. The molecular weight excluding hydrogens is 262 g/mol. The van der Waals surface area contributed by atoms with Gasteiger partial charge in [0, 0.05) is 6.54 Å². The lowest BCUT2D eigenvalue weighted by atomic mass is 10.5. The van der Waals surface area contributed by atoms with Crippen LogP contribution in [0.2, 0.25) is 0 Å². The molecule has 0 unspecified atom stereocenters. The normalized spacial score (nSPS) is 10.1. The van der Waals surface area contributed by atoms with Gasteiger partial charge in [-0.2, -0.15) is 4.98 Å². The van der Waals surface area contributed by atoms with E-state index in [9.17, 15) is 0 Å². The van der Waals surface area contributed by atoms with E-state index in [1.54, 1.807) is 6.20 Å². The summed E-state index contributed by atoms with van der Waals surface area (Å²) in [4.78, 5) is 8.22. The molecule has 6 heteroatoms. The maximum atomic E-state index is 8.63. The molecule has 0 aliphatic rings. The van der Waals surface area contributed by atoms with Crippen molar-refractivity contribution in [2.75, 3.05) is 25.1 Å². The van der Waals surface area contributed by atoms with E-state index in [1.807, 2.05) is 0 Å². The van der Waals surface area contributed by atoms with Gasteiger partial charge in [0.15, 0.2) is 0 Å².